The number of imide groups is 3. The molecule has 0 N–H and O–H groups in total. The summed E-state index contributed by atoms with van der Waals surface area (Å²) >= 11 is 0. The Kier molecular flexibility index (Phi) is 6.96. The van der Waals surface area contributed by atoms with Crippen LogP contribution < -0.4 is 0 Å². The van der Waals surface area contributed by atoms with Crippen LogP contribution in [0.15, 0.2) is 24.4 Å². The van der Waals surface area contributed by atoms with Gasteiger partial charge in [0.25, 0.3) is 10.8 Å². The van der Waals surface area contributed by atoms with Gasteiger partial charge in [-0.2, -0.15) is 4.90 Å². The molecule has 0 aliphatic heterocycles. The fraction of sp³-hybridized carbons (Fsp3) is 0.455. The molecule has 0 radical (unpaired) electrons. The van der Waals surface area contributed by atoms with E-state index in [9.17, 15) is 24.1 Å². The molecule has 1 heterocycles. The standard InChI is InChI=1S/C22H28N3O8/c1-13(26)24(20(29)33-22(5,6)7)18(27)16-12-23(19(28)32-21(2,3)4)17-11-14(25(30)31-8)9-10-15(16)17/h9-12H,1-8H3/q+1. The normalized spacial score (nSPS) is 11.6. The van der Waals surface area contributed by atoms with Crippen LogP contribution in [0.3, 0.4) is 0 Å². The lowest BCUT2D eigenvalue weighted by Crippen LogP contribution is -2.43. The minimum Gasteiger partial charge on any atom is -0.443 e. The van der Waals surface area contributed by atoms with Crippen LogP contribution in [0.2, 0.25) is 0 Å². The first-order valence-electron chi connectivity index (χ1n) is 10.0. The number of benzene rings is 1. The molecule has 0 fully saturated rings. The average Bonchev–Trinajstić information content (AvgIpc) is 3.03. The second-order valence-electron chi connectivity index (χ2n) is 9.17. The highest BCUT2D eigenvalue weighted by Gasteiger charge is 2.34. The third-order valence-corrected chi connectivity index (χ3v) is 4.08. The van der Waals surface area contributed by atoms with Crippen molar-refractivity contribution in [3.05, 3.63) is 34.9 Å². The summed E-state index contributed by atoms with van der Waals surface area (Å²) in [6.45, 7) is 10.8. The number of carbonyl (C=O) groups is 4. The molecule has 11 nitrogen and oxygen atoms in total. The lowest BCUT2D eigenvalue weighted by Gasteiger charge is -2.24. The maximum Gasteiger partial charge on any atom is 0.424 e. The van der Waals surface area contributed by atoms with Crippen molar-refractivity contribution in [3.8, 4) is 0 Å². The van der Waals surface area contributed by atoms with Gasteiger partial charge in [0.05, 0.1) is 16.0 Å². The van der Waals surface area contributed by atoms with Gasteiger partial charge in [-0.25, -0.2) is 14.4 Å². The zero-order chi connectivity index (χ0) is 25.3. The molecule has 2 aromatic rings. The van der Waals surface area contributed by atoms with Crippen molar-refractivity contribution < 1.29 is 38.4 Å². The van der Waals surface area contributed by atoms with Crippen molar-refractivity contribution >= 4 is 40.6 Å². The quantitative estimate of drug-likeness (QED) is 0.618. The first-order chi connectivity index (χ1) is 15.1. The van der Waals surface area contributed by atoms with Gasteiger partial charge < -0.3 is 9.47 Å². The van der Waals surface area contributed by atoms with Gasteiger partial charge in [-0.15, -0.1) is 0 Å². The number of aromatic nitrogens is 1. The first kappa shape index (κ1) is 25.5. The van der Waals surface area contributed by atoms with Gasteiger partial charge in [-0.3, -0.25) is 14.2 Å². The van der Waals surface area contributed by atoms with Crippen LogP contribution in [-0.2, 0) is 19.1 Å². The number of hydrogen-bond donors (Lipinski definition) is 0. The molecule has 3 amide bonds. The molecule has 33 heavy (non-hydrogen) atoms. The molecule has 0 atom stereocenters. The van der Waals surface area contributed by atoms with Crippen molar-refractivity contribution in [2.75, 3.05) is 7.11 Å². The zero-order valence-electron chi connectivity index (χ0n) is 19.9. The molecule has 178 valence electrons. The highest BCUT2D eigenvalue weighted by Crippen LogP contribution is 2.28. The number of amides is 3. The van der Waals surface area contributed by atoms with Crippen molar-refractivity contribution in [2.24, 2.45) is 0 Å². The minimum atomic E-state index is -1.15. The predicted octanol–water partition coefficient (Wildman–Crippen LogP) is 4.32. The fourth-order valence-corrected chi connectivity index (χ4v) is 2.85. The number of carbonyl (C=O) groups excluding carboxylic acids is 4. The number of fused-ring (bicyclic) bond motifs is 1. The predicted molar refractivity (Wildman–Crippen MR) is 117 cm³/mol. The van der Waals surface area contributed by atoms with Crippen molar-refractivity contribution in [1.82, 2.24) is 9.47 Å². The summed E-state index contributed by atoms with van der Waals surface area (Å²) in [7, 11) is 1.17. The van der Waals surface area contributed by atoms with Gasteiger partial charge in [0.1, 0.15) is 11.2 Å². The lowest BCUT2D eigenvalue weighted by molar-refractivity contribution is -0.736. The smallest absolute Gasteiger partial charge is 0.424 e. The first-order valence-corrected chi connectivity index (χ1v) is 10.0. The Morgan fingerprint density at radius 2 is 1.55 bits per heavy atom. The molecular formula is C22H28N3O8+. The molecule has 0 bridgehead atoms. The Labute approximate surface area is 190 Å². The second-order valence-corrected chi connectivity index (χ2v) is 9.17. The lowest BCUT2D eigenvalue weighted by atomic mass is 10.1. The molecule has 0 spiro atoms. The summed E-state index contributed by atoms with van der Waals surface area (Å²) in [5, 5.41) is 0.203. The van der Waals surface area contributed by atoms with Crippen LogP contribution >= 0.6 is 0 Å². The average molecular weight is 462 g/mol. The van der Waals surface area contributed by atoms with Gasteiger partial charge in [0.15, 0.2) is 7.11 Å². The second kappa shape index (κ2) is 9.00. The van der Waals surface area contributed by atoms with E-state index >= 15 is 0 Å². The van der Waals surface area contributed by atoms with E-state index in [-0.39, 0.29) is 27.1 Å². The Morgan fingerprint density at radius 3 is 2.03 bits per heavy atom. The van der Waals surface area contributed by atoms with E-state index in [0.29, 0.717) is 4.90 Å². The molecule has 2 rings (SSSR count). The van der Waals surface area contributed by atoms with E-state index < -0.39 is 35.2 Å². The molecule has 1 aromatic heterocycles. The summed E-state index contributed by atoms with van der Waals surface area (Å²) in [5.41, 5.74) is -1.77. The zero-order valence-corrected chi connectivity index (χ0v) is 19.9. The monoisotopic (exact) mass is 462 g/mol. The number of nitrogens with zero attached hydrogens (tertiary/aromatic N) is 3. The summed E-state index contributed by atoms with van der Waals surface area (Å²) in [6.07, 6.45) is -0.835. The summed E-state index contributed by atoms with van der Waals surface area (Å²) in [4.78, 5) is 67.9. The molecule has 0 aliphatic carbocycles. The number of ether oxygens (including phenoxy) is 2. The van der Waals surface area contributed by atoms with Crippen LogP contribution in [0, 0.1) is 4.91 Å². The Balaban J connectivity index is 2.69. The number of rotatable bonds is 3. The van der Waals surface area contributed by atoms with Crippen molar-refractivity contribution in [1.29, 1.82) is 0 Å². The van der Waals surface area contributed by atoms with E-state index in [0.717, 1.165) is 17.7 Å². The third kappa shape index (κ3) is 5.93. The van der Waals surface area contributed by atoms with Crippen LogP contribution in [0.4, 0.5) is 15.3 Å². The van der Waals surface area contributed by atoms with E-state index in [1.54, 1.807) is 41.5 Å². The van der Waals surface area contributed by atoms with E-state index in [1.165, 1.54) is 25.3 Å². The van der Waals surface area contributed by atoms with Crippen LogP contribution in [0.1, 0.15) is 58.8 Å². The van der Waals surface area contributed by atoms with Crippen molar-refractivity contribution in [3.63, 3.8) is 0 Å². The Bertz CT molecular complexity index is 1130. The van der Waals surface area contributed by atoms with Gasteiger partial charge in [-0.05, 0) is 47.6 Å². The van der Waals surface area contributed by atoms with Gasteiger partial charge >= 0.3 is 17.9 Å². The van der Waals surface area contributed by atoms with Crippen LogP contribution in [-0.4, -0.2) is 56.7 Å². The molecular weight excluding hydrogens is 434 g/mol. The van der Waals surface area contributed by atoms with Crippen molar-refractivity contribution in [2.45, 2.75) is 59.7 Å². The summed E-state index contributed by atoms with van der Waals surface area (Å²) in [6, 6.07) is 4.08. The SMILES string of the molecule is CO[N+](=O)c1ccc2c(C(=O)N(C(C)=O)C(=O)OC(C)(C)C)cn(C(=O)OC(C)(C)C)c2c1. The van der Waals surface area contributed by atoms with Crippen LogP contribution in [0.5, 0.6) is 0 Å². The van der Waals surface area contributed by atoms with E-state index in [1.807, 2.05) is 0 Å². The molecule has 0 unspecified atom stereocenters. The highest BCUT2D eigenvalue weighted by molar-refractivity contribution is 6.19. The molecule has 0 saturated carbocycles. The summed E-state index contributed by atoms with van der Waals surface area (Å²) < 4.78 is 11.6. The molecule has 0 saturated heterocycles. The van der Waals surface area contributed by atoms with Crippen LogP contribution in [0.25, 0.3) is 10.9 Å². The maximum absolute atomic E-state index is 13.3. The molecule has 11 heteroatoms. The Morgan fingerprint density at radius 1 is 0.970 bits per heavy atom. The molecule has 0 aliphatic rings. The van der Waals surface area contributed by atoms with Gasteiger partial charge in [-0.1, -0.05) is 0 Å². The topological polar surface area (TPSA) is 124 Å². The third-order valence-electron chi connectivity index (χ3n) is 4.08. The Hall–Kier alpha value is -3.76. The van der Waals surface area contributed by atoms with Gasteiger partial charge in [0, 0.05) is 30.6 Å². The maximum atomic E-state index is 13.3. The minimum absolute atomic E-state index is 0.0440. The van der Waals surface area contributed by atoms with Gasteiger partial charge in [0.2, 0.25) is 5.91 Å². The fourth-order valence-electron chi connectivity index (χ4n) is 2.85. The van der Waals surface area contributed by atoms with E-state index in [4.69, 9.17) is 9.47 Å². The molecule has 1 aromatic carbocycles. The summed E-state index contributed by atoms with van der Waals surface area (Å²) in [5.74, 6) is -1.86. The number of hydrogen-bond acceptors (Lipinski definition) is 8. The van der Waals surface area contributed by atoms with E-state index in [2.05, 4.69) is 4.84 Å². The highest BCUT2D eigenvalue weighted by atomic mass is 16.8. The largest absolute Gasteiger partial charge is 0.443 e.